The number of nitrogens with two attached hydrogens (primary N) is 1. The van der Waals surface area contributed by atoms with Gasteiger partial charge in [-0.1, -0.05) is 6.92 Å². The van der Waals surface area contributed by atoms with Gasteiger partial charge in [0.25, 0.3) is 0 Å². The average Bonchev–Trinajstić information content (AvgIpc) is 1.60. The predicted molar refractivity (Wildman–Crippen MR) is 39.0 cm³/mol. The van der Waals surface area contributed by atoms with E-state index in [1.54, 1.807) is 6.92 Å². The second-order valence-electron chi connectivity index (χ2n) is 2.27. The minimum atomic E-state index is -3.31. The molecule has 0 aromatic heterocycles. The van der Waals surface area contributed by atoms with E-state index in [1.165, 1.54) is 0 Å². The molecule has 0 radical (unpaired) electrons. The van der Waals surface area contributed by atoms with Gasteiger partial charge in [-0.2, -0.15) is 0 Å². The second kappa shape index (κ2) is 3.17. The number of carbonyl (C=O) groups is 1. The summed E-state index contributed by atoms with van der Waals surface area (Å²) >= 11 is 0. The molecule has 0 saturated heterocycles. The molecular weight excluding hydrogens is 153 g/mol. The van der Waals surface area contributed by atoms with Gasteiger partial charge in [-0.05, 0) is 6.42 Å². The summed E-state index contributed by atoms with van der Waals surface area (Å²) in [6, 6.07) is 0. The first kappa shape index (κ1) is 9.66. The van der Waals surface area contributed by atoms with Gasteiger partial charge in [0.2, 0.25) is 13.3 Å². The lowest BCUT2D eigenvalue weighted by Gasteiger charge is -2.13. The number of primary amides is 1. The van der Waals surface area contributed by atoms with Gasteiger partial charge in [-0.25, -0.2) is 0 Å². The zero-order valence-corrected chi connectivity index (χ0v) is 6.97. The molecule has 4 nitrogen and oxygen atoms in total. The highest BCUT2D eigenvalue weighted by Crippen LogP contribution is 2.42. The summed E-state index contributed by atoms with van der Waals surface area (Å²) < 4.78 is 10.8. The van der Waals surface area contributed by atoms with Gasteiger partial charge < -0.3 is 10.6 Å². The monoisotopic (exact) mass is 165 g/mol. The van der Waals surface area contributed by atoms with Crippen molar-refractivity contribution in [2.45, 2.75) is 19.0 Å². The summed E-state index contributed by atoms with van der Waals surface area (Å²) in [5, 5.41) is 0. The Bertz CT molecular complexity index is 174. The Hall–Kier alpha value is -0.340. The van der Waals surface area contributed by atoms with Gasteiger partial charge in [-0.15, -0.1) is 0 Å². The predicted octanol–water partition coefficient (Wildman–Crippen LogP) is 0.151. The Kier molecular flexibility index (Phi) is 3.06. The average molecular weight is 165 g/mol. The molecule has 0 aromatic carbocycles. The van der Waals surface area contributed by atoms with Crippen molar-refractivity contribution < 1.29 is 14.3 Å². The Morgan fingerprint density at radius 1 is 1.80 bits per heavy atom. The molecule has 0 bridgehead atoms. The zero-order valence-electron chi connectivity index (χ0n) is 6.07. The van der Waals surface area contributed by atoms with Crippen LogP contribution in [0.3, 0.4) is 0 Å². The fourth-order valence-electron chi connectivity index (χ4n) is 0.776. The number of amides is 1. The Morgan fingerprint density at radius 3 is 2.20 bits per heavy atom. The summed E-state index contributed by atoms with van der Waals surface area (Å²) in [7, 11) is -3.31. The minimum absolute atomic E-state index is 0.319. The molecule has 3 N–H and O–H groups in total. The number of rotatable bonds is 3. The van der Waals surface area contributed by atoms with Crippen molar-refractivity contribution in [3.8, 4) is 0 Å². The van der Waals surface area contributed by atoms with Crippen LogP contribution in [-0.2, 0) is 9.36 Å². The van der Waals surface area contributed by atoms with Crippen molar-refractivity contribution in [1.29, 1.82) is 0 Å². The van der Waals surface area contributed by atoms with Crippen LogP contribution in [0.15, 0.2) is 0 Å². The van der Waals surface area contributed by atoms with E-state index in [9.17, 15) is 9.36 Å². The molecule has 10 heavy (non-hydrogen) atoms. The highest BCUT2D eigenvalue weighted by atomic mass is 31.2. The van der Waals surface area contributed by atoms with Crippen molar-refractivity contribution in [1.82, 2.24) is 0 Å². The van der Waals surface area contributed by atoms with Crippen molar-refractivity contribution in [3.05, 3.63) is 0 Å². The topological polar surface area (TPSA) is 80.4 Å². The lowest BCUT2D eigenvalue weighted by Crippen LogP contribution is -2.27. The van der Waals surface area contributed by atoms with Gasteiger partial charge in [-0.3, -0.25) is 9.36 Å². The molecule has 1 amide bonds. The lowest BCUT2D eigenvalue weighted by molar-refractivity contribution is -0.117. The molecule has 0 fully saturated rings. The van der Waals surface area contributed by atoms with Crippen LogP contribution in [0.4, 0.5) is 0 Å². The second-order valence-corrected chi connectivity index (χ2v) is 4.78. The first-order chi connectivity index (χ1) is 4.39. The summed E-state index contributed by atoms with van der Waals surface area (Å²) in [6.45, 7) is 2.80. The highest BCUT2D eigenvalue weighted by molar-refractivity contribution is 7.59. The lowest BCUT2D eigenvalue weighted by atomic mass is 10.3. The van der Waals surface area contributed by atoms with Crippen molar-refractivity contribution in [2.75, 3.05) is 6.66 Å². The maximum absolute atomic E-state index is 10.8. The molecule has 2 unspecified atom stereocenters. The molecule has 0 aromatic rings. The maximum atomic E-state index is 10.8. The van der Waals surface area contributed by atoms with E-state index in [4.69, 9.17) is 10.6 Å². The van der Waals surface area contributed by atoms with Crippen LogP contribution in [0.1, 0.15) is 13.3 Å². The van der Waals surface area contributed by atoms with Crippen LogP contribution in [0.25, 0.3) is 0 Å². The van der Waals surface area contributed by atoms with E-state index in [-0.39, 0.29) is 0 Å². The van der Waals surface area contributed by atoms with E-state index >= 15 is 0 Å². The Balaban J connectivity index is 4.38. The molecular formula is C5H12NO3P. The normalized spacial score (nSPS) is 19.5. The van der Waals surface area contributed by atoms with E-state index in [1.807, 2.05) is 0 Å². The molecule has 0 aliphatic heterocycles. The van der Waals surface area contributed by atoms with Crippen molar-refractivity contribution >= 4 is 13.3 Å². The first-order valence-electron chi connectivity index (χ1n) is 2.98. The molecule has 0 rings (SSSR count). The van der Waals surface area contributed by atoms with Crippen molar-refractivity contribution in [3.63, 3.8) is 0 Å². The summed E-state index contributed by atoms with van der Waals surface area (Å²) in [5.41, 5.74) is 3.98. The third kappa shape index (κ3) is 2.50. The fraction of sp³-hybridized carbons (Fsp3) is 0.800. The SMILES string of the molecule is CCC(C(N)=O)P(C)(=O)O. The van der Waals surface area contributed by atoms with Gasteiger partial charge in [0.1, 0.15) is 5.66 Å². The largest absolute Gasteiger partial charge is 0.369 e. The first-order valence-corrected chi connectivity index (χ1v) is 5.16. The Labute approximate surface area is 59.9 Å². The minimum Gasteiger partial charge on any atom is -0.369 e. The number of hydrogen-bond acceptors (Lipinski definition) is 2. The van der Waals surface area contributed by atoms with Gasteiger partial charge >= 0.3 is 0 Å². The zero-order chi connectivity index (χ0) is 8.36. The summed E-state index contributed by atoms with van der Waals surface area (Å²) in [6.07, 6.45) is 0.319. The van der Waals surface area contributed by atoms with Crippen LogP contribution < -0.4 is 5.73 Å². The van der Waals surface area contributed by atoms with Crippen LogP contribution in [0, 0.1) is 0 Å². The molecule has 5 heteroatoms. The van der Waals surface area contributed by atoms with Crippen molar-refractivity contribution in [2.24, 2.45) is 5.73 Å². The van der Waals surface area contributed by atoms with Crippen LogP contribution in [0.2, 0.25) is 0 Å². The fourth-order valence-corrected chi connectivity index (χ4v) is 1.93. The van der Waals surface area contributed by atoms with Gasteiger partial charge in [0, 0.05) is 6.66 Å². The van der Waals surface area contributed by atoms with Crippen LogP contribution >= 0.6 is 7.37 Å². The van der Waals surface area contributed by atoms with Gasteiger partial charge in [0.15, 0.2) is 0 Å². The molecule has 2 atom stereocenters. The third-order valence-corrected chi connectivity index (χ3v) is 3.07. The molecule has 0 aliphatic rings. The Morgan fingerprint density at radius 2 is 2.20 bits per heavy atom. The standard InChI is InChI=1S/C5H12NO3P/c1-3-4(5(6)7)10(2,8)9/h4H,3H2,1-2H3,(H2,6,7)(H,8,9). The van der Waals surface area contributed by atoms with E-state index in [0.717, 1.165) is 6.66 Å². The van der Waals surface area contributed by atoms with E-state index in [2.05, 4.69) is 0 Å². The summed E-state index contributed by atoms with van der Waals surface area (Å²) in [5.74, 6) is -0.698. The molecule has 0 saturated carbocycles. The van der Waals surface area contributed by atoms with Gasteiger partial charge in [0.05, 0.1) is 0 Å². The van der Waals surface area contributed by atoms with E-state index < -0.39 is 18.9 Å². The summed E-state index contributed by atoms with van der Waals surface area (Å²) in [4.78, 5) is 19.4. The number of carbonyl (C=O) groups excluding carboxylic acids is 1. The van der Waals surface area contributed by atoms with Crippen LogP contribution in [0.5, 0.6) is 0 Å². The maximum Gasteiger partial charge on any atom is 0.230 e. The van der Waals surface area contributed by atoms with E-state index in [0.29, 0.717) is 6.42 Å². The van der Waals surface area contributed by atoms with Crippen LogP contribution in [-0.4, -0.2) is 23.1 Å². The highest BCUT2D eigenvalue weighted by Gasteiger charge is 2.28. The third-order valence-electron chi connectivity index (χ3n) is 1.29. The molecule has 0 spiro atoms. The molecule has 0 heterocycles. The number of hydrogen-bond donors (Lipinski definition) is 2. The molecule has 60 valence electrons. The smallest absolute Gasteiger partial charge is 0.230 e. The quantitative estimate of drug-likeness (QED) is 0.584. The molecule has 0 aliphatic carbocycles.